The first-order valence-corrected chi connectivity index (χ1v) is 7.55. The van der Waals surface area contributed by atoms with Gasteiger partial charge in [-0.1, -0.05) is 0 Å². The first-order valence-electron chi connectivity index (χ1n) is 6.06. The van der Waals surface area contributed by atoms with Gasteiger partial charge in [0.05, 0.1) is 5.69 Å². The highest BCUT2D eigenvalue weighted by molar-refractivity contribution is 7.89. The summed E-state index contributed by atoms with van der Waals surface area (Å²) in [6, 6.07) is 4.69. The van der Waals surface area contributed by atoms with Gasteiger partial charge in [-0.25, -0.2) is 13.1 Å². The van der Waals surface area contributed by atoms with Crippen molar-refractivity contribution in [3.05, 3.63) is 18.2 Å². The molecule has 1 aromatic carbocycles. The van der Waals surface area contributed by atoms with Gasteiger partial charge in [-0.2, -0.15) is 0 Å². The molecule has 0 radical (unpaired) electrons. The van der Waals surface area contributed by atoms with E-state index in [0.29, 0.717) is 13.0 Å². The molecule has 0 bridgehead atoms. The Morgan fingerprint density at radius 1 is 1.35 bits per heavy atom. The smallest absolute Gasteiger partial charge is 0.242 e. The number of benzene rings is 1. The molecule has 0 heterocycles. The van der Waals surface area contributed by atoms with Crippen molar-refractivity contribution in [3.63, 3.8) is 0 Å². The van der Waals surface area contributed by atoms with Crippen molar-refractivity contribution in [2.45, 2.75) is 11.3 Å². The van der Waals surface area contributed by atoms with Crippen LogP contribution >= 0.6 is 0 Å². The highest BCUT2D eigenvalue weighted by atomic mass is 32.2. The van der Waals surface area contributed by atoms with Crippen LogP contribution in [0.3, 0.4) is 0 Å². The predicted molar refractivity (Wildman–Crippen MR) is 79.1 cm³/mol. The molecule has 8 heteroatoms. The van der Waals surface area contributed by atoms with Crippen molar-refractivity contribution < 1.29 is 13.2 Å². The molecule has 0 aliphatic carbocycles. The summed E-state index contributed by atoms with van der Waals surface area (Å²) in [5.74, 6) is -0.0563. The van der Waals surface area contributed by atoms with Gasteiger partial charge in [0, 0.05) is 32.7 Å². The van der Waals surface area contributed by atoms with E-state index in [2.05, 4.69) is 10.0 Å². The fourth-order valence-corrected chi connectivity index (χ4v) is 2.49. The first kappa shape index (κ1) is 16.3. The zero-order valence-corrected chi connectivity index (χ0v) is 12.6. The molecule has 0 saturated carbocycles. The number of nitrogens with zero attached hydrogens (tertiary/aromatic N) is 1. The van der Waals surface area contributed by atoms with Crippen LogP contribution in [0, 0.1) is 0 Å². The number of nitrogens with two attached hydrogens (primary N) is 1. The van der Waals surface area contributed by atoms with Crippen LogP contribution < -0.4 is 20.7 Å². The molecular weight excluding hydrogens is 280 g/mol. The van der Waals surface area contributed by atoms with Crippen LogP contribution in [0.4, 0.5) is 11.4 Å². The van der Waals surface area contributed by atoms with E-state index >= 15 is 0 Å². The molecule has 0 fully saturated rings. The van der Waals surface area contributed by atoms with Gasteiger partial charge < -0.3 is 16.0 Å². The fraction of sp³-hybridized carbons (Fsp3) is 0.417. The van der Waals surface area contributed by atoms with Gasteiger partial charge in [0.15, 0.2) is 0 Å². The third kappa shape index (κ3) is 3.84. The molecule has 7 nitrogen and oxygen atoms in total. The van der Waals surface area contributed by atoms with Crippen LogP contribution in [0.5, 0.6) is 0 Å². The van der Waals surface area contributed by atoms with Gasteiger partial charge in [0.1, 0.15) is 4.90 Å². The Morgan fingerprint density at radius 3 is 2.50 bits per heavy atom. The van der Waals surface area contributed by atoms with Crippen LogP contribution in [0.1, 0.15) is 6.42 Å². The molecular formula is C12H20N4O3S. The molecule has 0 spiro atoms. The SMILES string of the molecule is CNC(=O)CCN(C)c1ccc(S(=O)(=O)NC)c(N)c1. The van der Waals surface area contributed by atoms with E-state index in [1.54, 1.807) is 19.2 Å². The van der Waals surface area contributed by atoms with Gasteiger partial charge in [-0.05, 0) is 25.2 Å². The minimum atomic E-state index is -3.56. The summed E-state index contributed by atoms with van der Waals surface area (Å²) in [5, 5.41) is 2.54. The Hall–Kier alpha value is -1.80. The molecule has 1 amide bonds. The summed E-state index contributed by atoms with van der Waals surface area (Å²) in [7, 11) is 1.16. The number of nitrogens with one attached hydrogen (secondary N) is 2. The Balaban J connectivity index is 2.90. The van der Waals surface area contributed by atoms with Crippen molar-refractivity contribution in [2.75, 3.05) is 38.3 Å². The lowest BCUT2D eigenvalue weighted by atomic mass is 10.2. The maximum Gasteiger partial charge on any atom is 0.242 e. The van der Waals surface area contributed by atoms with Crippen LogP contribution in [0.15, 0.2) is 23.1 Å². The zero-order chi connectivity index (χ0) is 15.3. The van der Waals surface area contributed by atoms with Crippen molar-refractivity contribution >= 4 is 27.3 Å². The van der Waals surface area contributed by atoms with Crippen molar-refractivity contribution in [1.29, 1.82) is 0 Å². The van der Waals surface area contributed by atoms with Crippen LogP contribution in [0.2, 0.25) is 0 Å². The third-order valence-electron chi connectivity index (χ3n) is 2.95. The molecule has 1 rings (SSSR count). The summed E-state index contributed by atoms with van der Waals surface area (Å²) < 4.78 is 25.6. The van der Waals surface area contributed by atoms with Crippen LogP contribution in [-0.2, 0) is 14.8 Å². The second kappa shape index (κ2) is 6.58. The van der Waals surface area contributed by atoms with Crippen molar-refractivity contribution in [2.24, 2.45) is 0 Å². The number of sulfonamides is 1. The lowest BCUT2D eigenvalue weighted by Crippen LogP contribution is -2.26. The molecule has 20 heavy (non-hydrogen) atoms. The molecule has 0 aliphatic heterocycles. The summed E-state index contributed by atoms with van der Waals surface area (Å²) in [5.41, 5.74) is 6.70. The molecule has 0 unspecified atom stereocenters. The number of carbonyl (C=O) groups is 1. The Bertz CT molecular complexity index is 586. The maximum atomic E-state index is 11.7. The van der Waals surface area contributed by atoms with Gasteiger partial charge in [0.2, 0.25) is 15.9 Å². The number of hydrogen-bond acceptors (Lipinski definition) is 5. The minimum Gasteiger partial charge on any atom is -0.398 e. The largest absolute Gasteiger partial charge is 0.398 e. The van der Waals surface area contributed by atoms with Gasteiger partial charge in [-0.3, -0.25) is 4.79 Å². The molecule has 0 aliphatic rings. The third-order valence-corrected chi connectivity index (χ3v) is 4.43. The quantitative estimate of drug-likeness (QED) is 0.628. The lowest BCUT2D eigenvalue weighted by molar-refractivity contribution is -0.120. The number of carbonyl (C=O) groups excluding carboxylic acids is 1. The van der Waals surface area contributed by atoms with E-state index < -0.39 is 10.0 Å². The highest BCUT2D eigenvalue weighted by Gasteiger charge is 2.16. The second-order valence-corrected chi connectivity index (χ2v) is 6.13. The summed E-state index contributed by atoms with van der Waals surface area (Å²) in [6.45, 7) is 0.511. The second-order valence-electron chi connectivity index (χ2n) is 4.27. The van der Waals surface area contributed by atoms with Crippen molar-refractivity contribution in [3.8, 4) is 0 Å². The van der Waals surface area contributed by atoms with E-state index in [1.807, 2.05) is 11.9 Å². The average molecular weight is 300 g/mol. The average Bonchev–Trinajstić information content (AvgIpc) is 2.43. The summed E-state index contributed by atoms with van der Waals surface area (Å²) >= 11 is 0. The molecule has 0 atom stereocenters. The van der Waals surface area contributed by atoms with E-state index in [1.165, 1.54) is 13.1 Å². The molecule has 112 valence electrons. The zero-order valence-electron chi connectivity index (χ0n) is 11.8. The van der Waals surface area contributed by atoms with Gasteiger partial charge in [0.25, 0.3) is 0 Å². The molecule has 1 aromatic rings. The molecule has 0 saturated heterocycles. The Labute approximate surface area is 119 Å². The Morgan fingerprint density at radius 2 is 2.00 bits per heavy atom. The molecule has 0 aromatic heterocycles. The Kier molecular flexibility index (Phi) is 5.34. The summed E-state index contributed by atoms with van der Waals surface area (Å²) in [6.07, 6.45) is 0.351. The van der Waals surface area contributed by atoms with E-state index in [4.69, 9.17) is 5.73 Å². The van der Waals surface area contributed by atoms with E-state index in [9.17, 15) is 13.2 Å². The van der Waals surface area contributed by atoms with Gasteiger partial charge >= 0.3 is 0 Å². The van der Waals surface area contributed by atoms with Crippen LogP contribution in [-0.4, -0.2) is 42.0 Å². The lowest BCUT2D eigenvalue weighted by Gasteiger charge is -2.20. The number of hydrogen-bond donors (Lipinski definition) is 3. The van der Waals surface area contributed by atoms with E-state index in [0.717, 1.165) is 5.69 Å². The minimum absolute atomic E-state index is 0.0449. The normalized spacial score (nSPS) is 11.2. The van der Waals surface area contributed by atoms with Gasteiger partial charge in [-0.15, -0.1) is 0 Å². The monoisotopic (exact) mass is 300 g/mol. The number of nitrogen functional groups attached to an aromatic ring is 1. The fourth-order valence-electron chi connectivity index (χ4n) is 1.65. The maximum absolute atomic E-state index is 11.7. The van der Waals surface area contributed by atoms with Crippen molar-refractivity contribution in [1.82, 2.24) is 10.0 Å². The van der Waals surface area contributed by atoms with E-state index in [-0.39, 0.29) is 16.5 Å². The summed E-state index contributed by atoms with van der Waals surface area (Å²) in [4.78, 5) is 13.1. The number of rotatable bonds is 6. The first-order chi connectivity index (χ1) is 9.31. The number of anilines is 2. The number of amides is 1. The predicted octanol–water partition coefficient (Wildman–Crippen LogP) is -0.251. The standard InChI is InChI=1S/C12H20N4O3S/c1-14-12(17)6-7-16(3)9-4-5-11(10(13)8-9)20(18,19)15-2/h4-5,8,15H,6-7,13H2,1-3H3,(H,14,17). The van der Waals surface area contributed by atoms with Crippen LogP contribution in [0.25, 0.3) is 0 Å². The molecule has 4 N–H and O–H groups in total. The topological polar surface area (TPSA) is 105 Å². The highest BCUT2D eigenvalue weighted by Crippen LogP contribution is 2.24.